The molecule has 1 N–H and O–H groups in total. The summed E-state index contributed by atoms with van der Waals surface area (Å²) in [6.07, 6.45) is 1.66. The number of ketones is 1. The average Bonchev–Trinajstić information content (AvgIpc) is 3.07. The molecule has 2 aliphatic rings. The maximum Gasteiger partial charge on any atom is 0.231 e. The van der Waals surface area contributed by atoms with E-state index in [4.69, 9.17) is 14.2 Å². The number of Topliss-reactive ketones (excluding diaryl/α,β-unsaturated/α-hetero) is 1. The summed E-state index contributed by atoms with van der Waals surface area (Å²) in [6, 6.07) is 8.55. The summed E-state index contributed by atoms with van der Waals surface area (Å²) < 4.78 is 16.6. The van der Waals surface area contributed by atoms with Crippen molar-refractivity contribution < 1.29 is 24.1 Å². The molecule has 0 unspecified atom stereocenters. The first kappa shape index (κ1) is 20.3. The maximum absolute atomic E-state index is 13.0. The van der Waals surface area contributed by atoms with E-state index in [1.54, 1.807) is 44.6 Å². The molecule has 0 aromatic heterocycles. The molecule has 7 heteroatoms. The zero-order valence-electron chi connectivity index (χ0n) is 17.5. The van der Waals surface area contributed by atoms with E-state index in [0.29, 0.717) is 40.5 Å². The van der Waals surface area contributed by atoms with Crippen LogP contribution in [0.3, 0.4) is 0 Å². The van der Waals surface area contributed by atoms with Gasteiger partial charge in [-0.05, 0) is 37.4 Å². The predicted molar refractivity (Wildman–Crippen MR) is 113 cm³/mol. The van der Waals surface area contributed by atoms with Crippen molar-refractivity contribution in [3.8, 4) is 23.0 Å². The summed E-state index contributed by atoms with van der Waals surface area (Å²) in [7, 11) is 5.25. The van der Waals surface area contributed by atoms with E-state index in [-0.39, 0.29) is 17.3 Å². The van der Waals surface area contributed by atoms with Crippen LogP contribution in [0.4, 0.5) is 0 Å². The van der Waals surface area contributed by atoms with Crippen molar-refractivity contribution in [3.63, 3.8) is 0 Å². The Morgan fingerprint density at radius 3 is 2.57 bits per heavy atom. The third kappa shape index (κ3) is 3.86. The smallest absolute Gasteiger partial charge is 0.231 e. The number of methoxy groups -OCH3 is 2. The fourth-order valence-electron chi connectivity index (χ4n) is 3.76. The molecule has 1 saturated heterocycles. The van der Waals surface area contributed by atoms with E-state index in [1.165, 1.54) is 0 Å². The standard InChI is InChI=1S/C23H26N2O5/c1-24-8-10-25(11-9-24)14-18-19(26)7-6-17-22(27)21(30-23(17)18)12-15-4-5-16(28-2)13-20(15)29-3/h4-7,12-13,26H,8-11,14H2,1-3H3/b21-12-. The molecule has 2 aliphatic heterocycles. The minimum atomic E-state index is -0.206. The summed E-state index contributed by atoms with van der Waals surface area (Å²) in [6.45, 7) is 4.28. The molecule has 0 atom stereocenters. The Morgan fingerprint density at radius 1 is 1.10 bits per heavy atom. The topological polar surface area (TPSA) is 71.5 Å². The number of allylic oxidation sites excluding steroid dienone is 1. The SMILES string of the molecule is COc1ccc(/C=C2\Oc3c(ccc(O)c3CN3CCN(C)CC3)C2=O)c(OC)c1. The molecule has 2 aromatic carbocycles. The second-order valence-corrected chi connectivity index (χ2v) is 7.57. The number of piperazine rings is 1. The van der Waals surface area contributed by atoms with Crippen LogP contribution in [-0.2, 0) is 6.54 Å². The first-order valence-corrected chi connectivity index (χ1v) is 9.92. The van der Waals surface area contributed by atoms with Gasteiger partial charge in [0.05, 0.1) is 25.3 Å². The Balaban J connectivity index is 1.64. The van der Waals surface area contributed by atoms with Gasteiger partial charge in [0.2, 0.25) is 5.78 Å². The number of carbonyl (C=O) groups excluding carboxylic acids is 1. The quantitative estimate of drug-likeness (QED) is 0.760. The molecular formula is C23H26N2O5. The van der Waals surface area contributed by atoms with Crippen LogP contribution < -0.4 is 14.2 Å². The summed E-state index contributed by atoms with van der Waals surface area (Å²) in [5.41, 5.74) is 1.82. The Morgan fingerprint density at radius 2 is 1.87 bits per heavy atom. The second kappa shape index (κ2) is 8.38. The number of ether oxygens (including phenoxy) is 3. The first-order valence-electron chi connectivity index (χ1n) is 9.92. The highest BCUT2D eigenvalue weighted by Gasteiger charge is 2.32. The van der Waals surface area contributed by atoms with Crippen molar-refractivity contribution in [2.24, 2.45) is 0 Å². The number of benzene rings is 2. The van der Waals surface area contributed by atoms with Crippen LogP contribution in [0.25, 0.3) is 6.08 Å². The Kier molecular flexibility index (Phi) is 5.65. The minimum Gasteiger partial charge on any atom is -0.507 e. The van der Waals surface area contributed by atoms with E-state index >= 15 is 0 Å². The third-order valence-electron chi connectivity index (χ3n) is 5.62. The molecule has 30 heavy (non-hydrogen) atoms. The molecule has 0 saturated carbocycles. The molecule has 7 nitrogen and oxygen atoms in total. The molecule has 0 amide bonds. The van der Waals surface area contributed by atoms with Crippen LogP contribution in [0, 0.1) is 0 Å². The van der Waals surface area contributed by atoms with Crippen molar-refractivity contribution >= 4 is 11.9 Å². The number of phenolic OH excluding ortho intramolecular Hbond substituents is 1. The molecule has 158 valence electrons. The van der Waals surface area contributed by atoms with Crippen molar-refractivity contribution in [1.29, 1.82) is 0 Å². The monoisotopic (exact) mass is 410 g/mol. The zero-order valence-corrected chi connectivity index (χ0v) is 17.5. The van der Waals surface area contributed by atoms with Crippen LogP contribution in [0.5, 0.6) is 23.0 Å². The Hall–Kier alpha value is -3.03. The molecule has 2 aromatic rings. The highest BCUT2D eigenvalue weighted by atomic mass is 16.5. The van der Waals surface area contributed by atoms with E-state index in [2.05, 4.69) is 16.8 Å². The zero-order chi connectivity index (χ0) is 21.3. The maximum atomic E-state index is 13.0. The van der Waals surface area contributed by atoms with E-state index in [0.717, 1.165) is 26.2 Å². The number of aromatic hydroxyl groups is 1. The normalized spacial score (nSPS) is 18.4. The number of carbonyl (C=O) groups is 1. The number of nitrogens with zero attached hydrogens (tertiary/aromatic N) is 2. The largest absolute Gasteiger partial charge is 0.507 e. The van der Waals surface area contributed by atoms with Gasteiger partial charge < -0.3 is 24.2 Å². The van der Waals surface area contributed by atoms with Crippen molar-refractivity contribution in [2.75, 3.05) is 47.4 Å². The van der Waals surface area contributed by atoms with Crippen LogP contribution in [0.15, 0.2) is 36.1 Å². The summed E-state index contributed by atoms with van der Waals surface area (Å²) in [4.78, 5) is 17.5. The number of hydrogen-bond acceptors (Lipinski definition) is 7. The Labute approximate surface area is 176 Å². The van der Waals surface area contributed by atoms with Gasteiger partial charge in [-0.25, -0.2) is 0 Å². The van der Waals surface area contributed by atoms with Gasteiger partial charge in [-0.15, -0.1) is 0 Å². The molecular weight excluding hydrogens is 384 g/mol. The van der Waals surface area contributed by atoms with Gasteiger partial charge in [-0.3, -0.25) is 9.69 Å². The number of phenols is 1. The van der Waals surface area contributed by atoms with Crippen LogP contribution in [0.1, 0.15) is 21.5 Å². The first-order chi connectivity index (χ1) is 14.5. The lowest BCUT2D eigenvalue weighted by molar-refractivity contribution is 0.101. The van der Waals surface area contributed by atoms with Crippen molar-refractivity contribution in [2.45, 2.75) is 6.54 Å². The molecule has 0 radical (unpaired) electrons. The number of rotatable bonds is 5. The van der Waals surface area contributed by atoms with Gasteiger partial charge in [-0.1, -0.05) is 0 Å². The third-order valence-corrected chi connectivity index (χ3v) is 5.62. The lowest BCUT2D eigenvalue weighted by Gasteiger charge is -2.32. The highest BCUT2D eigenvalue weighted by molar-refractivity contribution is 6.15. The summed E-state index contributed by atoms with van der Waals surface area (Å²) in [5.74, 6) is 1.83. The van der Waals surface area contributed by atoms with Crippen molar-refractivity contribution in [3.05, 3.63) is 52.8 Å². The van der Waals surface area contributed by atoms with E-state index in [1.807, 2.05) is 6.07 Å². The molecule has 0 aliphatic carbocycles. The highest BCUT2D eigenvalue weighted by Crippen LogP contribution is 2.40. The molecule has 1 fully saturated rings. The molecule has 2 heterocycles. The van der Waals surface area contributed by atoms with E-state index < -0.39 is 0 Å². The summed E-state index contributed by atoms with van der Waals surface area (Å²) >= 11 is 0. The molecule has 4 rings (SSSR count). The fourth-order valence-corrected chi connectivity index (χ4v) is 3.76. The fraction of sp³-hybridized carbons (Fsp3) is 0.348. The lowest BCUT2D eigenvalue weighted by Crippen LogP contribution is -2.43. The predicted octanol–water partition coefficient (Wildman–Crippen LogP) is 2.77. The number of hydrogen-bond donors (Lipinski definition) is 1. The van der Waals surface area contributed by atoms with Gasteiger partial charge in [0.1, 0.15) is 23.0 Å². The van der Waals surface area contributed by atoms with Crippen molar-refractivity contribution in [1.82, 2.24) is 9.80 Å². The molecule has 0 bridgehead atoms. The molecule has 0 spiro atoms. The summed E-state index contributed by atoms with van der Waals surface area (Å²) in [5, 5.41) is 10.5. The van der Waals surface area contributed by atoms with Gasteiger partial charge in [0.25, 0.3) is 0 Å². The van der Waals surface area contributed by atoms with Gasteiger partial charge in [-0.2, -0.15) is 0 Å². The van der Waals surface area contributed by atoms with Crippen LogP contribution >= 0.6 is 0 Å². The van der Waals surface area contributed by atoms with Gasteiger partial charge in [0, 0.05) is 44.4 Å². The average molecular weight is 410 g/mol. The second-order valence-electron chi connectivity index (χ2n) is 7.57. The minimum absolute atomic E-state index is 0.142. The van der Waals surface area contributed by atoms with Gasteiger partial charge >= 0.3 is 0 Å². The number of likely N-dealkylation sites (N-methyl/N-ethyl adjacent to an activating group) is 1. The van der Waals surface area contributed by atoms with E-state index in [9.17, 15) is 9.90 Å². The number of fused-ring (bicyclic) bond motifs is 1. The lowest BCUT2D eigenvalue weighted by atomic mass is 10.0. The van der Waals surface area contributed by atoms with Gasteiger partial charge in [0.15, 0.2) is 5.76 Å². The van der Waals surface area contributed by atoms with Crippen LogP contribution in [0.2, 0.25) is 0 Å². The van der Waals surface area contributed by atoms with Crippen LogP contribution in [-0.4, -0.2) is 68.1 Å². The Bertz CT molecular complexity index is 993.